The Hall–Kier alpha value is -2.48. The van der Waals surface area contributed by atoms with Gasteiger partial charge in [-0.2, -0.15) is 0 Å². The average Bonchev–Trinajstić information content (AvgIpc) is 2.94. The average molecular weight is 321 g/mol. The number of amides is 1. The predicted octanol–water partition coefficient (Wildman–Crippen LogP) is 3.00. The number of thiazole rings is 1. The summed E-state index contributed by atoms with van der Waals surface area (Å²) in [5.41, 5.74) is 0.649. The van der Waals surface area contributed by atoms with Gasteiger partial charge in [0.2, 0.25) is 5.91 Å². The summed E-state index contributed by atoms with van der Waals surface area (Å²) in [7, 11) is 0. The molecule has 22 heavy (non-hydrogen) atoms. The van der Waals surface area contributed by atoms with Crippen molar-refractivity contribution in [3.63, 3.8) is 0 Å². The number of nitro groups is 1. The van der Waals surface area contributed by atoms with E-state index in [1.165, 1.54) is 30.4 Å². The third-order valence-corrected chi connectivity index (χ3v) is 3.79. The van der Waals surface area contributed by atoms with Crippen molar-refractivity contribution >= 4 is 28.1 Å². The molecule has 116 valence electrons. The molecule has 0 N–H and O–H groups in total. The fourth-order valence-corrected chi connectivity index (χ4v) is 2.74. The normalized spacial score (nSPS) is 10.3. The van der Waals surface area contributed by atoms with E-state index in [4.69, 9.17) is 4.74 Å². The van der Waals surface area contributed by atoms with Crippen LogP contribution in [0, 0.1) is 10.1 Å². The molecule has 0 aliphatic heterocycles. The van der Waals surface area contributed by atoms with E-state index < -0.39 is 4.92 Å². The Morgan fingerprint density at radius 1 is 1.50 bits per heavy atom. The van der Waals surface area contributed by atoms with E-state index in [0.29, 0.717) is 23.1 Å². The number of carbonyl (C=O) groups is 1. The summed E-state index contributed by atoms with van der Waals surface area (Å²) in [5.74, 6) is 0.339. The number of benzene rings is 1. The Morgan fingerprint density at radius 3 is 2.91 bits per heavy atom. The van der Waals surface area contributed by atoms with Gasteiger partial charge in [-0.3, -0.25) is 19.8 Å². The van der Waals surface area contributed by atoms with Crippen LogP contribution in [0.2, 0.25) is 0 Å². The predicted molar refractivity (Wildman–Crippen MR) is 83.2 cm³/mol. The van der Waals surface area contributed by atoms with Crippen molar-refractivity contribution in [1.82, 2.24) is 4.98 Å². The van der Waals surface area contributed by atoms with Crippen LogP contribution >= 0.6 is 11.3 Å². The van der Waals surface area contributed by atoms with Crippen molar-refractivity contribution in [2.45, 2.75) is 20.5 Å². The van der Waals surface area contributed by atoms with Crippen LogP contribution in [0.5, 0.6) is 5.75 Å². The lowest BCUT2D eigenvalue weighted by atomic mass is 10.3. The lowest BCUT2D eigenvalue weighted by Gasteiger charge is -2.14. The molecule has 0 atom stereocenters. The van der Waals surface area contributed by atoms with Gasteiger partial charge in [-0.05, 0) is 13.0 Å². The Balaban J connectivity index is 2.03. The van der Waals surface area contributed by atoms with Crippen molar-refractivity contribution < 1.29 is 14.5 Å². The molecule has 2 aromatic rings. The molecule has 0 saturated heterocycles. The van der Waals surface area contributed by atoms with Crippen molar-refractivity contribution in [3.8, 4) is 5.75 Å². The molecule has 2 rings (SSSR count). The first-order chi connectivity index (χ1) is 10.5. The first-order valence-electron chi connectivity index (χ1n) is 6.61. The summed E-state index contributed by atoms with van der Waals surface area (Å²) in [6.07, 6.45) is 0. The summed E-state index contributed by atoms with van der Waals surface area (Å²) < 4.78 is 5.51. The lowest BCUT2D eigenvalue weighted by Crippen LogP contribution is -2.27. The molecule has 0 spiro atoms. The van der Waals surface area contributed by atoms with Gasteiger partial charge >= 0.3 is 0 Å². The maximum atomic E-state index is 11.5. The minimum absolute atomic E-state index is 0.0230. The van der Waals surface area contributed by atoms with Gasteiger partial charge < -0.3 is 4.74 Å². The van der Waals surface area contributed by atoms with E-state index in [1.807, 2.05) is 6.92 Å². The molecule has 1 aromatic carbocycles. The standard InChI is InChI=1S/C14H15N3O4S/c1-3-16(10(2)18)14-15-11(9-22-14)8-21-13-6-4-5-12(7-13)17(19)20/h4-7,9H,3,8H2,1-2H3. The maximum absolute atomic E-state index is 11.5. The smallest absolute Gasteiger partial charge is 0.273 e. The summed E-state index contributed by atoms with van der Waals surface area (Å²) in [4.78, 5) is 27.6. The van der Waals surface area contributed by atoms with Crippen molar-refractivity contribution in [2.75, 3.05) is 11.4 Å². The van der Waals surface area contributed by atoms with E-state index in [1.54, 1.807) is 22.4 Å². The quantitative estimate of drug-likeness (QED) is 0.603. The van der Waals surface area contributed by atoms with Crippen LogP contribution in [-0.4, -0.2) is 22.4 Å². The minimum Gasteiger partial charge on any atom is -0.487 e. The number of hydrogen-bond acceptors (Lipinski definition) is 6. The van der Waals surface area contributed by atoms with Crippen LogP contribution in [0.3, 0.4) is 0 Å². The third-order valence-electron chi connectivity index (χ3n) is 2.88. The number of rotatable bonds is 6. The van der Waals surface area contributed by atoms with Crippen molar-refractivity contribution in [1.29, 1.82) is 0 Å². The number of anilines is 1. The van der Waals surface area contributed by atoms with Gasteiger partial charge in [0.25, 0.3) is 5.69 Å². The van der Waals surface area contributed by atoms with Gasteiger partial charge in [0.05, 0.1) is 16.7 Å². The summed E-state index contributed by atoms with van der Waals surface area (Å²) in [6, 6.07) is 5.98. The van der Waals surface area contributed by atoms with E-state index in [-0.39, 0.29) is 18.2 Å². The summed E-state index contributed by atoms with van der Waals surface area (Å²) >= 11 is 1.36. The number of aromatic nitrogens is 1. The number of non-ortho nitro benzene ring substituents is 1. The Morgan fingerprint density at radius 2 is 2.27 bits per heavy atom. The molecule has 1 aromatic heterocycles. The van der Waals surface area contributed by atoms with Gasteiger partial charge in [0.1, 0.15) is 12.4 Å². The van der Waals surface area contributed by atoms with E-state index in [2.05, 4.69) is 4.98 Å². The van der Waals surface area contributed by atoms with Crippen LogP contribution in [-0.2, 0) is 11.4 Å². The molecular weight excluding hydrogens is 306 g/mol. The molecule has 1 heterocycles. The molecule has 0 aliphatic carbocycles. The molecule has 1 amide bonds. The van der Waals surface area contributed by atoms with Crippen LogP contribution in [0.4, 0.5) is 10.8 Å². The highest BCUT2D eigenvalue weighted by atomic mass is 32.1. The number of ether oxygens (including phenoxy) is 1. The van der Waals surface area contributed by atoms with Gasteiger partial charge in [0.15, 0.2) is 5.13 Å². The Kier molecular flexibility index (Phi) is 5.05. The zero-order valence-corrected chi connectivity index (χ0v) is 13.0. The second kappa shape index (κ2) is 6.99. The van der Waals surface area contributed by atoms with E-state index in [0.717, 1.165) is 0 Å². The highest BCUT2D eigenvalue weighted by Gasteiger charge is 2.14. The first-order valence-corrected chi connectivity index (χ1v) is 7.49. The van der Waals surface area contributed by atoms with Crippen LogP contribution < -0.4 is 9.64 Å². The second-order valence-electron chi connectivity index (χ2n) is 4.43. The van der Waals surface area contributed by atoms with E-state index in [9.17, 15) is 14.9 Å². The monoisotopic (exact) mass is 321 g/mol. The molecule has 0 unspecified atom stereocenters. The van der Waals surface area contributed by atoms with Gasteiger partial charge in [-0.25, -0.2) is 4.98 Å². The minimum atomic E-state index is -0.472. The number of hydrogen-bond donors (Lipinski definition) is 0. The summed E-state index contributed by atoms with van der Waals surface area (Å²) in [5, 5.41) is 13.1. The van der Waals surface area contributed by atoms with Crippen LogP contribution in [0.15, 0.2) is 29.6 Å². The zero-order valence-electron chi connectivity index (χ0n) is 12.2. The summed E-state index contributed by atoms with van der Waals surface area (Å²) in [6.45, 7) is 4.10. The van der Waals surface area contributed by atoms with Crippen LogP contribution in [0.1, 0.15) is 19.5 Å². The molecule has 0 fully saturated rings. The molecule has 0 radical (unpaired) electrons. The van der Waals surface area contributed by atoms with Gasteiger partial charge in [0, 0.05) is 24.9 Å². The Labute approximate surface area is 131 Å². The molecule has 0 saturated carbocycles. The zero-order chi connectivity index (χ0) is 16.1. The lowest BCUT2D eigenvalue weighted by molar-refractivity contribution is -0.384. The molecule has 0 bridgehead atoms. The topological polar surface area (TPSA) is 85.6 Å². The first kappa shape index (κ1) is 15.9. The number of nitrogens with zero attached hydrogens (tertiary/aromatic N) is 3. The molecule has 0 aliphatic rings. The van der Waals surface area contributed by atoms with E-state index >= 15 is 0 Å². The largest absolute Gasteiger partial charge is 0.487 e. The van der Waals surface area contributed by atoms with Crippen LogP contribution in [0.25, 0.3) is 0 Å². The highest BCUT2D eigenvalue weighted by Crippen LogP contribution is 2.23. The fourth-order valence-electron chi connectivity index (χ4n) is 1.82. The Bertz CT molecular complexity index is 686. The van der Waals surface area contributed by atoms with Gasteiger partial charge in [-0.1, -0.05) is 6.07 Å². The SMILES string of the molecule is CCN(C(C)=O)c1nc(COc2cccc([N+](=O)[O-])c2)cs1. The van der Waals surface area contributed by atoms with Crippen molar-refractivity contribution in [3.05, 3.63) is 45.5 Å². The maximum Gasteiger partial charge on any atom is 0.273 e. The fraction of sp³-hybridized carbons (Fsp3) is 0.286. The van der Waals surface area contributed by atoms with Crippen molar-refractivity contribution in [2.24, 2.45) is 0 Å². The highest BCUT2D eigenvalue weighted by molar-refractivity contribution is 7.14. The molecule has 7 nitrogen and oxygen atoms in total. The third kappa shape index (κ3) is 3.79. The second-order valence-corrected chi connectivity index (χ2v) is 5.26. The molecule has 8 heteroatoms. The number of carbonyl (C=O) groups excluding carboxylic acids is 1. The number of nitro benzene ring substituents is 1. The molecular formula is C14H15N3O4S. The van der Waals surface area contributed by atoms with Gasteiger partial charge in [-0.15, -0.1) is 11.3 Å².